The number of ether oxygens (including phenoxy) is 1. The Labute approximate surface area is 142 Å². The standard InChI is InChI=1S/C18H21ClN2O2/c1-13(21(2)12-14-7-6-8-15(19)11-14)18(22)20-16-9-4-5-10-17(16)23-3/h4-11,13H,12H2,1-3H3,(H,20,22)/t13-/m0/s1. The fourth-order valence-electron chi connectivity index (χ4n) is 2.25. The highest BCUT2D eigenvalue weighted by Crippen LogP contribution is 2.23. The van der Waals surface area contributed by atoms with Crippen LogP contribution in [0.2, 0.25) is 5.02 Å². The normalized spacial score (nSPS) is 12.0. The van der Waals surface area contributed by atoms with Crippen LogP contribution in [0.3, 0.4) is 0 Å². The van der Waals surface area contributed by atoms with E-state index < -0.39 is 0 Å². The lowest BCUT2D eigenvalue weighted by molar-refractivity contribution is -0.120. The molecule has 5 heteroatoms. The second kappa shape index (κ2) is 7.99. The number of benzene rings is 2. The molecular weight excluding hydrogens is 312 g/mol. The van der Waals surface area contributed by atoms with E-state index in [1.54, 1.807) is 7.11 Å². The number of hydrogen-bond acceptors (Lipinski definition) is 3. The van der Waals surface area contributed by atoms with Crippen LogP contribution >= 0.6 is 11.6 Å². The summed E-state index contributed by atoms with van der Waals surface area (Å²) in [6.45, 7) is 2.51. The lowest BCUT2D eigenvalue weighted by Crippen LogP contribution is -2.39. The van der Waals surface area contributed by atoms with Crippen molar-refractivity contribution in [1.82, 2.24) is 4.90 Å². The minimum Gasteiger partial charge on any atom is -0.495 e. The second-order valence-corrected chi connectivity index (χ2v) is 5.85. The number of likely N-dealkylation sites (N-methyl/N-ethyl adjacent to an activating group) is 1. The van der Waals surface area contributed by atoms with Crippen molar-refractivity contribution in [3.05, 3.63) is 59.1 Å². The van der Waals surface area contributed by atoms with Gasteiger partial charge in [-0.05, 0) is 43.8 Å². The van der Waals surface area contributed by atoms with Crippen molar-refractivity contribution >= 4 is 23.2 Å². The number of nitrogens with zero attached hydrogens (tertiary/aromatic N) is 1. The van der Waals surface area contributed by atoms with Gasteiger partial charge in [-0.15, -0.1) is 0 Å². The topological polar surface area (TPSA) is 41.6 Å². The average Bonchev–Trinajstić information content (AvgIpc) is 2.54. The molecule has 0 radical (unpaired) electrons. The zero-order valence-corrected chi connectivity index (χ0v) is 14.3. The van der Waals surface area contributed by atoms with Crippen molar-refractivity contribution in [1.29, 1.82) is 0 Å². The van der Waals surface area contributed by atoms with Crippen LogP contribution in [0.25, 0.3) is 0 Å². The molecule has 23 heavy (non-hydrogen) atoms. The zero-order chi connectivity index (χ0) is 16.8. The van der Waals surface area contributed by atoms with Crippen molar-refractivity contribution in [2.45, 2.75) is 19.5 Å². The molecule has 0 spiro atoms. The average molecular weight is 333 g/mol. The first-order valence-corrected chi connectivity index (χ1v) is 7.77. The van der Waals surface area contributed by atoms with Gasteiger partial charge in [0.25, 0.3) is 0 Å². The Morgan fingerprint density at radius 3 is 2.70 bits per heavy atom. The van der Waals surface area contributed by atoms with Crippen LogP contribution in [0.4, 0.5) is 5.69 Å². The lowest BCUT2D eigenvalue weighted by Gasteiger charge is -2.24. The van der Waals surface area contributed by atoms with Gasteiger partial charge in [0.05, 0.1) is 18.8 Å². The van der Waals surface area contributed by atoms with Crippen LogP contribution in [-0.4, -0.2) is 31.0 Å². The van der Waals surface area contributed by atoms with Gasteiger partial charge < -0.3 is 10.1 Å². The molecule has 1 N–H and O–H groups in total. The van der Waals surface area contributed by atoms with Crippen LogP contribution in [-0.2, 0) is 11.3 Å². The Morgan fingerprint density at radius 2 is 2.00 bits per heavy atom. The van der Waals surface area contributed by atoms with Gasteiger partial charge in [-0.25, -0.2) is 0 Å². The summed E-state index contributed by atoms with van der Waals surface area (Å²) < 4.78 is 5.25. The molecule has 0 heterocycles. The highest BCUT2D eigenvalue weighted by molar-refractivity contribution is 6.30. The quantitative estimate of drug-likeness (QED) is 0.874. The van der Waals surface area contributed by atoms with Crippen molar-refractivity contribution < 1.29 is 9.53 Å². The fraction of sp³-hybridized carbons (Fsp3) is 0.278. The number of nitrogens with one attached hydrogen (secondary N) is 1. The third-order valence-corrected chi connectivity index (χ3v) is 3.96. The summed E-state index contributed by atoms with van der Waals surface area (Å²) in [7, 11) is 3.49. The number of hydrogen-bond donors (Lipinski definition) is 1. The van der Waals surface area contributed by atoms with Crippen molar-refractivity contribution in [2.75, 3.05) is 19.5 Å². The van der Waals surface area contributed by atoms with Crippen molar-refractivity contribution in [3.8, 4) is 5.75 Å². The predicted octanol–water partition coefficient (Wildman–Crippen LogP) is 3.81. The first-order chi connectivity index (χ1) is 11.0. The molecule has 2 rings (SSSR count). The Morgan fingerprint density at radius 1 is 1.26 bits per heavy atom. The molecule has 2 aromatic carbocycles. The van der Waals surface area contributed by atoms with Gasteiger partial charge in [0, 0.05) is 11.6 Å². The summed E-state index contributed by atoms with van der Waals surface area (Å²) in [5, 5.41) is 3.60. The van der Waals surface area contributed by atoms with Crippen molar-refractivity contribution in [2.24, 2.45) is 0 Å². The first-order valence-electron chi connectivity index (χ1n) is 7.40. The maximum absolute atomic E-state index is 12.4. The van der Waals surface area contributed by atoms with E-state index in [1.807, 2.05) is 67.4 Å². The molecule has 0 aromatic heterocycles. The highest BCUT2D eigenvalue weighted by atomic mass is 35.5. The number of rotatable bonds is 6. The number of halogens is 1. The molecule has 0 unspecified atom stereocenters. The van der Waals surface area contributed by atoms with Gasteiger partial charge in [0.1, 0.15) is 5.75 Å². The van der Waals surface area contributed by atoms with Gasteiger partial charge in [-0.2, -0.15) is 0 Å². The number of carbonyl (C=O) groups is 1. The van der Waals surface area contributed by atoms with E-state index in [-0.39, 0.29) is 11.9 Å². The molecule has 2 aromatic rings. The van der Waals surface area contributed by atoms with Crippen LogP contribution in [0, 0.1) is 0 Å². The van der Waals surface area contributed by atoms with Crippen LogP contribution in [0.15, 0.2) is 48.5 Å². The third-order valence-electron chi connectivity index (χ3n) is 3.73. The lowest BCUT2D eigenvalue weighted by atomic mass is 10.2. The Balaban J connectivity index is 2.01. The van der Waals surface area contributed by atoms with Gasteiger partial charge in [0.15, 0.2) is 0 Å². The summed E-state index contributed by atoms with van der Waals surface area (Å²) in [6, 6.07) is 14.7. The number of methoxy groups -OCH3 is 1. The Bertz CT molecular complexity index is 676. The molecule has 0 saturated heterocycles. The smallest absolute Gasteiger partial charge is 0.241 e. The summed E-state index contributed by atoms with van der Waals surface area (Å²) >= 11 is 6.00. The predicted molar refractivity (Wildman–Crippen MR) is 94.0 cm³/mol. The van der Waals surface area contributed by atoms with Crippen LogP contribution < -0.4 is 10.1 Å². The molecule has 122 valence electrons. The zero-order valence-electron chi connectivity index (χ0n) is 13.5. The van der Waals surface area contributed by atoms with E-state index in [4.69, 9.17) is 16.3 Å². The SMILES string of the molecule is COc1ccccc1NC(=O)[C@H](C)N(C)Cc1cccc(Cl)c1. The second-order valence-electron chi connectivity index (χ2n) is 5.41. The Kier molecular flexibility index (Phi) is 6.02. The summed E-state index contributed by atoms with van der Waals surface area (Å²) in [5.74, 6) is 0.560. The number of carbonyl (C=O) groups excluding carboxylic acids is 1. The minimum atomic E-state index is -0.293. The van der Waals surface area contributed by atoms with Crippen molar-refractivity contribution in [3.63, 3.8) is 0 Å². The summed E-state index contributed by atoms with van der Waals surface area (Å²) in [5.41, 5.74) is 1.74. The maximum Gasteiger partial charge on any atom is 0.241 e. The van der Waals surface area contributed by atoms with E-state index in [1.165, 1.54) is 0 Å². The molecule has 0 bridgehead atoms. The molecule has 0 fully saturated rings. The molecule has 1 amide bonds. The molecule has 1 atom stereocenters. The van der Waals surface area contributed by atoms with Crippen LogP contribution in [0.1, 0.15) is 12.5 Å². The largest absolute Gasteiger partial charge is 0.495 e. The van der Waals surface area contributed by atoms with Gasteiger partial charge >= 0.3 is 0 Å². The number of para-hydroxylation sites is 2. The Hall–Kier alpha value is -2.04. The molecule has 0 saturated carbocycles. The van der Waals surface area contributed by atoms with E-state index in [2.05, 4.69) is 5.32 Å². The molecule has 0 aliphatic rings. The number of amides is 1. The molecule has 0 aliphatic heterocycles. The highest BCUT2D eigenvalue weighted by Gasteiger charge is 2.19. The van der Waals surface area contributed by atoms with Crippen LogP contribution in [0.5, 0.6) is 5.75 Å². The van der Waals surface area contributed by atoms with Gasteiger partial charge in [0.2, 0.25) is 5.91 Å². The van der Waals surface area contributed by atoms with E-state index in [0.717, 1.165) is 5.56 Å². The monoisotopic (exact) mass is 332 g/mol. The summed E-state index contributed by atoms with van der Waals surface area (Å²) in [4.78, 5) is 14.4. The van der Waals surface area contributed by atoms with E-state index in [9.17, 15) is 4.79 Å². The summed E-state index contributed by atoms with van der Waals surface area (Å²) in [6.07, 6.45) is 0. The number of anilines is 1. The van der Waals surface area contributed by atoms with Gasteiger partial charge in [-0.1, -0.05) is 35.9 Å². The maximum atomic E-state index is 12.4. The fourth-order valence-corrected chi connectivity index (χ4v) is 2.46. The third kappa shape index (κ3) is 4.71. The van der Waals surface area contributed by atoms with E-state index >= 15 is 0 Å². The van der Waals surface area contributed by atoms with Gasteiger partial charge in [-0.3, -0.25) is 9.69 Å². The molecule has 4 nitrogen and oxygen atoms in total. The molecule has 0 aliphatic carbocycles. The first kappa shape index (κ1) is 17.3. The van der Waals surface area contributed by atoms with E-state index in [0.29, 0.717) is 23.0 Å². The molecular formula is C18H21ClN2O2. The minimum absolute atomic E-state index is 0.0842.